The van der Waals surface area contributed by atoms with E-state index in [1.807, 2.05) is 43.9 Å². The summed E-state index contributed by atoms with van der Waals surface area (Å²) in [5.74, 6) is -0.330. The highest BCUT2D eigenvalue weighted by atomic mass is 19.4. The molecular formula is C35H40F3N7O4. The van der Waals surface area contributed by atoms with Crippen molar-refractivity contribution in [3.63, 3.8) is 0 Å². The summed E-state index contributed by atoms with van der Waals surface area (Å²) in [4.78, 5) is 21.7. The topological polar surface area (TPSA) is 141 Å². The number of nitrogen functional groups attached to an aromatic ring is 1. The molecule has 2 aromatic carbocycles. The highest BCUT2D eigenvalue weighted by Crippen LogP contribution is 2.43. The first-order valence-corrected chi connectivity index (χ1v) is 16.2. The molecule has 49 heavy (non-hydrogen) atoms. The van der Waals surface area contributed by atoms with E-state index < -0.39 is 24.3 Å². The van der Waals surface area contributed by atoms with Crippen molar-refractivity contribution in [3.8, 4) is 28.4 Å². The standard InChI is InChI=1S/C35H40F3N7O4/c1-20(2)48-28-8-6-23(15-21(28)3)24-5-7-25(27(16-24)45-12-9-22(4)43-45)31(35(36,37)38)49-30-17-29(41-33(39)42-30)44-13-10-34(11-14-44)18-26(32(46)47)40-19-34/h5-9,12,15-17,20,26,31,40H,10-11,13-14,18-19H2,1-4H3,(H,46,47)(H2,39,41,42)/t26-,31?/m0/s1. The monoisotopic (exact) mass is 679 g/mol. The van der Waals surface area contributed by atoms with E-state index in [1.165, 1.54) is 16.8 Å². The van der Waals surface area contributed by atoms with Crippen LogP contribution < -0.4 is 25.4 Å². The van der Waals surface area contributed by atoms with Gasteiger partial charge < -0.3 is 30.5 Å². The number of rotatable bonds is 9. The number of carboxylic acid groups (broad SMARTS) is 1. The van der Waals surface area contributed by atoms with Gasteiger partial charge in [-0.15, -0.1) is 0 Å². The first-order valence-electron chi connectivity index (χ1n) is 16.2. The SMILES string of the molecule is Cc1ccn(-c2cc(-c3ccc(OC(C)C)c(C)c3)ccc2C(Oc2cc(N3CCC4(CC3)CN[C@H](C(=O)O)C4)nc(N)n2)C(F)(F)F)n1. The minimum Gasteiger partial charge on any atom is -0.491 e. The number of halogens is 3. The molecule has 6 rings (SSSR count). The minimum atomic E-state index is -4.83. The molecule has 4 N–H and O–H groups in total. The van der Waals surface area contributed by atoms with Gasteiger partial charge in [0.15, 0.2) is 0 Å². The van der Waals surface area contributed by atoms with Gasteiger partial charge in [0.05, 0.1) is 17.5 Å². The van der Waals surface area contributed by atoms with E-state index in [2.05, 4.69) is 20.4 Å². The molecule has 2 atom stereocenters. The van der Waals surface area contributed by atoms with Crippen molar-refractivity contribution < 1.29 is 32.5 Å². The third-order valence-electron chi connectivity index (χ3n) is 9.20. The second kappa shape index (κ2) is 13.2. The molecule has 0 aliphatic carbocycles. The fourth-order valence-electron chi connectivity index (χ4n) is 6.67. The number of ether oxygens (including phenoxy) is 2. The minimum absolute atomic E-state index is 0.00545. The molecule has 0 saturated carbocycles. The van der Waals surface area contributed by atoms with Crippen molar-refractivity contribution in [2.75, 3.05) is 30.3 Å². The Morgan fingerprint density at radius 3 is 2.37 bits per heavy atom. The zero-order valence-corrected chi connectivity index (χ0v) is 27.8. The quantitative estimate of drug-likeness (QED) is 0.192. The van der Waals surface area contributed by atoms with Gasteiger partial charge in [0.2, 0.25) is 17.9 Å². The van der Waals surface area contributed by atoms with Crippen LogP contribution in [0.15, 0.2) is 54.7 Å². The Hall–Kier alpha value is -4.85. The van der Waals surface area contributed by atoms with Crippen molar-refractivity contribution in [1.29, 1.82) is 0 Å². The molecule has 2 saturated heterocycles. The summed E-state index contributed by atoms with van der Waals surface area (Å²) in [6, 6.07) is 12.9. The molecule has 0 bridgehead atoms. The Kier molecular flexibility index (Phi) is 9.18. The summed E-state index contributed by atoms with van der Waals surface area (Å²) in [7, 11) is 0. The van der Waals surface area contributed by atoms with Gasteiger partial charge in [0.1, 0.15) is 17.6 Å². The lowest BCUT2D eigenvalue weighted by Crippen LogP contribution is -2.41. The number of carboxylic acids is 1. The molecule has 260 valence electrons. The van der Waals surface area contributed by atoms with Gasteiger partial charge in [-0.2, -0.15) is 28.2 Å². The second-order valence-corrected chi connectivity index (χ2v) is 13.2. The van der Waals surface area contributed by atoms with E-state index in [0.29, 0.717) is 56.0 Å². The van der Waals surface area contributed by atoms with E-state index in [1.54, 1.807) is 31.3 Å². The van der Waals surface area contributed by atoms with Crippen LogP contribution in [0.1, 0.15) is 56.0 Å². The number of aromatic nitrogens is 4. The number of alkyl halides is 3. The summed E-state index contributed by atoms with van der Waals surface area (Å²) in [6.45, 7) is 9.22. The number of nitrogens with zero attached hydrogens (tertiary/aromatic N) is 5. The number of piperidine rings is 1. The molecule has 1 spiro atoms. The molecule has 11 nitrogen and oxygen atoms in total. The maximum absolute atomic E-state index is 14.9. The van der Waals surface area contributed by atoms with Crippen LogP contribution in [-0.2, 0) is 4.79 Å². The number of carbonyl (C=O) groups is 1. The van der Waals surface area contributed by atoms with Crippen LogP contribution in [0, 0.1) is 19.3 Å². The Morgan fingerprint density at radius 2 is 1.76 bits per heavy atom. The average Bonchev–Trinajstić information content (AvgIpc) is 3.66. The highest BCUT2D eigenvalue weighted by Gasteiger charge is 2.46. The van der Waals surface area contributed by atoms with E-state index in [9.17, 15) is 23.1 Å². The van der Waals surface area contributed by atoms with Crippen LogP contribution in [0.3, 0.4) is 0 Å². The summed E-state index contributed by atoms with van der Waals surface area (Å²) in [5, 5.41) is 16.9. The van der Waals surface area contributed by atoms with Crippen LogP contribution in [0.2, 0.25) is 0 Å². The molecule has 2 aromatic heterocycles. The van der Waals surface area contributed by atoms with Crippen molar-refractivity contribution in [2.45, 2.75) is 71.4 Å². The van der Waals surface area contributed by atoms with E-state index in [0.717, 1.165) is 16.9 Å². The molecule has 1 unspecified atom stereocenters. The Labute approximate surface area is 282 Å². The van der Waals surface area contributed by atoms with Crippen molar-refractivity contribution in [3.05, 3.63) is 71.5 Å². The summed E-state index contributed by atoms with van der Waals surface area (Å²) in [5.41, 5.74) is 8.91. The first kappa shape index (κ1) is 34.0. The zero-order chi connectivity index (χ0) is 35.1. The average molecular weight is 680 g/mol. The van der Waals surface area contributed by atoms with Crippen LogP contribution in [0.5, 0.6) is 11.6 Å². The largest absolute Gasteiger partial charge is 0.491 e. The maximum atomic E-state index is 14.9. The second-order valence-electron chi connectivity index (χ2n) is 13.2. The Morgan fingerprint density at radius 1 is 1.04 bits per heavy atom. The van der Waals surface area contributed by atoms with Gasteiger partial charge >= 0.3 is 12.1 Å². The number of aryl methyl sites for hydroxylation is 2. The fraction of sp³-hybridized carbons (Fsp3) is 0.429. The smallest absolute Gasteiger partial charge is 0.429 e. The lowest BCUT2D eigenvalue weighted by molar-refractivity contribution is -0.198. The number of anilines is 2. The molecule has 2 aliphatic rings. The van der Waals surface area contributed by atoms with Crippen molar-refractivity contribution >= 4 is 17.7 Å². The number of aliphatic carboxylic acids is 1. The van der Waals surface area contributed by atoms with E-state index >= 15 is 0 Å². The molecular weight excluding hydrogens is 639 g/mol. The first-order chi connectivity index (χ1) is 23.2. The highest BCUT2D eigenvalue weighted by molar-refractivity contribution is 5.74. The summed E-state index contributed by atoms with van der Waals surface area (Å²) < 4.78 is 57.7. The predicted octanol–water partition coefficient (Wildman–Crippen LogP) is 6.03. The van der Waals surface area contributed by atoms with Gasteiger partial charge in [0.25, 0.3) is 0 Å². The lowest BCUT2D eigenvalue weighted by Gasteiger charge is -2.39. The predicted molar refractivity (Wildman–Crippen MR) is 178 cm³/mol. The fourth-order valence-corrected chi connectivity index (χ4v) is 6.67. The zero-order valence-electron chi connectivity index (χ0n) is 27.8. The third-order valence-corrected chi connectivity index (χ3v) is 9.20. The Bertz CT molecular complexity index is 1840. The maximum Gasteiger partial charge on any atom is 0.429 e. The lowest BCUT2D eigenvalue weighted by atomic mass is 9.76. The molecule has 0 radical (unpaired) electrons. The third kappa shape index (κ3) is 7.43. The van der Waals surface area contributed by atoms with E-state index in [4.69, 9.17) is 15.2 Å². The van der Waals surface area contributed by atoms with Crippen LogP contribution in [0.25, 0.3) is 16.8 Å². The molecule has 2 fully saturated rings. The van der Waals surface area contributed by atoms with Gasteiger partial charge in [-0.05, 0) is 93.3 Å². The van der Waals surface area contributed by atoms with Crippen LogP contribution in [0.4, 0.5) is 24.9 Å². The van der Waals surface area contributed by atoms with Crippen molar-refractivity contribution in [1.82, 2.24) is 25.1 Å². The Balaban J connectivity index is 1.30. The van der Waals surface area contributed by atoms with Crippen LogP contribution >= 0.6 is 0 Å². The molecule has 0 amide bonds. The molecule has 2 aliphatic heterocycles. The van der Waals surface area contributed by atoms with E-state index in [-0.39, 0.29) is 34.6 Å². The van der Waals surface area contributed by atoms with Gasteiger partial charge in [-0.1, -0.05) is 18.2 Å². The molecule has 14 heteroatoms. The summed E-state index contributed by atoms with van der Waals surface area (Å²) in [6.07, 6.45) is -3.72. The number of nitrogens with one attached hydrogen (secondary N) is 1. The van der Waals surface area contributed by atoms with Gasteiger partial charge in [-0.3, -0.25) is 4.79 Å². The van der Waals surface area contributed by atoms with Crippen molar-refractivity contribution in [2.24, 2.45) is 5.41 Å². The molecule has 4 heterocycles. The number of benzene rings is 2. The number of nitrogens with two attached hydrogens (primary N) is 1. The molecule has 4 aromatic rings. The van der Waals surface area contributed by atoms with Gasteiger partial charge in [0, 0.05) is 37.5 Å². The normalized spacial score (nSPS) is 18.2. The number of hydrogen-bond donors (Lipinski definition) is 3. The van der Waals surface area contributed by atoms with Crippen LogP contribution in [-0.4, -0.2) is 68.8 Å². The van der Waals surface area contributed by atoms with Gasteiger partial charge in [-0.25, -0.2) is 4.68 Å². The summed E-state index contributed by atoms with van der Waals surface area (Å²) >= 11 is 0. The number of hydrogen-bond acceptors (Lipinski definition) is 9.